The molecule has 0 unspecified atom stereocenters. The maximum atomic E-state index is 12.8. The van der Waals surface area contributed by atoms with Crippen LogP contribution < -0.4 is 9.64 Å². The molecule has 1 fully saturated rings. The topological polar surface area (TPSA) is 29.5 Å². The van der Waals surface area contributed by atoms with Crippen molar-refractivity contribution in [3.63, 3.8) is 0 Å². The van der Waals surface area contributed by atoms with Crippen LogP contribution in [0.15, 0.2) is 47.4 Å². The van der Waals surface area contributed by atoms with Crippen molar-refractivity contribution in [3.05, 3.63) is 64.1 Å². The number of benzene rings is 2. The number of carbonyl (C=O) groups is 1. The Morgan fingerprint density at radius 2 is 1.75 bits per heavy atom. The molecule has 1 saturated heterocycles. The van der Waals surface area contributed by atoms with Gasteiger partial charge in [-0.3, -0.25) is 9.69 Å². The molecular formula is C19H17NO2S2. The molecular weight excluding hydrogens is 338 g/mol. The van der Waals surface area contributed by atoms with Gasteiger partial charge < -0.3 is 4.74 Å². The van der Waals surface area contributed by atoms with E-state index >= 15 is 0 Å². The average molecular weight is 355 g/mol. The standard InChI is InChI=1S/C19H17NO2S2/c1-12-4-7-15(8-5-12)20-18(21)17(24-19(20)23)11-14-10-13(2)6-9-16(14)22-3/h4-11H,1-3H3/b17-11-. The number of rotatable bonds is 3. The van der Waals surface area contributed by atoms with Crippen LogP contribution in [-0.4, -0.2) is 17.3 Å². The third-order valence-corrected chi connectivity index (χ3v) is 5.06. The summed E-state index contributed by atoms with van der Waals surface area (Å²) >= 11 is 6.72. The molecule has 1 aliphatic heterocycles. The molecule has 122 valence electrons. The smallest absolute Gasteiger partial charge is 0.270 e. The van der Waals surface area contributed by atoms with Crippen LogP contribution in [0.2, 0.25) is 0 Å². The second-order valence-corrected chi connectivity index (χ2v) is 7.27. The predicted octanol–water partition coefficient (Wildman–Crippen LogP) is 4.72. The van der Waals surface area contributed by atoms with E-state index in [2.05, 4.69) is 0 Å². The van der Waals surface area contributed by atoms with Gasteiger partial charge in [0.15, 0.2) is 4.32 Å². The Bertz CT molecular complexity index is 841. The fourth-order valence-corrected chi connectivity index (χ4v) is 3.78. The lowest BCUT2D eigenvalue weighted by Gasteiger charge is -2.14. The van der Waals surface area contributed by atoms with E-state index in [0.717, 1.165) is 28.1 Å². The molecule has 2 aromatic carbocycles. The number of aryl methyl sites for hydroxylation is 2. The first-order valence-corrected chi connectivity index (χ1v) is 8.71. The number of amides is 1. The van der Waals surface area contributed by atoms with Gasteiger partial charge in [-0.1, -0.05) is 53.3 Å². The lowest BCUT2D eigenvalue weighted by atomic mass is 10.1. The van der Waals surface area contributed by atoms with Gasteiger partial charge in [-0.05, 0) is 44.2 Å². The van der Waals surface area contributed by atoms with Crippen LogP contribution in [0.3, 0.4) is 0 Å². The Morgan fingerprint density at radius 1 is 1.08 bits per heavy atom. The fourth-order valence-electron chi connectivity index (χ4n) is 2.49. The maximum Gasteiger partial charge on any atom is 0.270 e. The number of thioether (sulfide) groups is 1. The van der Waals surface area contributed by atoms with E-state index in [4.69, 9.17) is 17.0 Å². The first-order chi connectivity index (χ1) is 11.5. The zero-order valence-corrected chi connectivity index (χ0v) is 15.3. The monoisotopic (exact) mass is 355 g/mol. The van der Waals surface area contributed by atoms with Crippen molar-refractivity contribution in [2.45, 2.75) is 13.8 Å². The Morgan fingerprint density at radius 3 is 2.42 bits per heavy atom. The number of carbonyl (C=O) groups excluding carboxylic acids is 1. The Kier molecular flexibility index (Phi) is 4.73. The normalized spacial score (nSPS) is 16.1. The SMILES string of the molecule is COc1ccc(C)cc1/C=C1\SC(=S)N(c2ccc(C)cc2)C1=O. The number of hydrogen-bond donors (Lipinski definition) is 0. The lowest BCUT2D eigenvalue weighted by Crippen LogP contribution is -2.27. The number of hydrogen-bond acceptors (Lipinski definition) is 4. The van der Waals surface area contributed by atoms with Crippen LogP contribution in [0, 0.1) is 13.8 Å². The van der Waals surface area contributed by atoms with Gasteiger partial charge in [0.25, 0.3) is 5.91 Å². The molecule has 3 nitrogen and oxygen atoms in total. The van der Waals surface area contributed by atoms with Gasteiger partial charge >= 0.3 is 0 Å². The van der Waals surface area contributed by atoms with E-state index in [1.807, 2.05) is 62.4 Å². The second-order valence-electron chi connectivity index (χ2n) is 5.60. The van der Waals surface area contributed by atoms with E-state index in [1.165, 1.54) is 11.8 Å². The zero-order valence-electron chi connectivity index (χ0n) is 13.7. The highest BCUT2D eigenvalue weighted by Crippen LogP contribution is 2.37. The molecule has 24 heavy (non-hydrogen) atoms. The molecule has 0 aliphatic carbocycles. The number of nitrogens with zero attached hydrogens (tertiary/aromatic N) is 1. The lowest BCUT2D eigenvalue weighted by molar-refractivity contribution is -0.113. The quantitative estimate of drug-likeness (QED) is 0.589. The zero-order chi connectivity index (χ0) is 17.3. The summed E-state index contributed by atoms with van der Waals surface area (Å²) < 4.78 is 5.93. The molecule has 3 rings (SSSR count). The number of methoxy groups -OCH3 is 1. The predicted molar refractivity (Wildman–Crippen MR) is 105 cm³/mol. The highest BCUT2D eigenvalue weighted by molar-refractivity contribution is 8.27. The minimum atomic E-state index is -0.0996. The summed E-state index contributed by atoms with van der Waals surface area (Å²) in [7, 11) is 1.62. The van der Waals surface area contributed by atoms with Crippen LogP contribution in [0.5, 0.6) is 5.75 Å². The number of thiocarbonyl (C=S) groups is 1. The third-order valence-electron chi connectivity index (χ3n) is 3.76. The summed E-state index contributed by atoms with van der Waals surface area (Å²) in [5.74, 6) is 0.638. The Balaban J connectivity index is 1.97. The minimum Gasteiger partial charge on any atom is -0.496 e. The molecule has 0 saturated carbocycles. The van der Waals surface area contributed by atoms with Gasteiger partial charge in [-0.25, -0.2) is 0 Å². The highest BCUT2D eigenvalue weighted by Gasteiger charge is 2.33. The third kappa shape index (κ3) is 3.23. The van der Waals surface area contributed by atoms with Crippen molar-refractivity contribution in [3.8, 4) is 5.75 Å². The van der Waals surface area contributed by atoms with Crippen LogP contribution in [0.1, 0.15) is 16.7 Å². The summed E-state index contributed by atoms with van der Waals surface area (Å²) in [6.45, 7) is 4.02. The molecule has 0 radical (unpaired) electrons. The van der Waals surface area contributed by atoms with E-state index in [-0.39, 0.29) is 5.91 Å². The van der Waals surface area contributed by atoms with Crippen LogP contribution in [0.4, 0.5) is 5.69 Å². The molecule has 2 aromatic rings. The van der Waals surface area contributed by atoms with Gasteiger partial charge in [0.05, 0.1) is 17.7 Å². The highest BCUT2D eigenvalue weighted by atomic mass is 32.2. The van der Waals surface area contributed by atoms with Crippen LogP contribution in [0.25, 0.3) is 6.08 Å². The molecule has 1 aliphatic rings. The molecule has 5 heteroatoms. The average Bonchev–Trinajstić information content (AvgIpc) is 2.83. The molecule has 0 aromatic heterocycles. The van der Waals surface area contributed by atoms with Gasteiger partial charge in [0.2, 0.25) is 0 Å². The van der Waals surface area contributed by atoms with E-state index in [1.54, 1.807) is 12.0 Å². The van der Waals surface area contributed by atoms with Crippen molar-refractivity contribution in [2.75, 3.05) is 12.0 Å². The van der Waals surface area contributed by atoms with Crippen molar-refractivity contribution in [1.29, 1.82) is 0 Å². The van der Waals surface area contributed by atoms with Gasteiger partial charge in [-0.15, -0.1) is 0 Å². The van der Waals surface area contributed by atoms with Gasteiger partial charge in [0, 0.05) is 5.56 Å². The second kappa shape index (κ2) is 6.79. The molecule has 1 heterocycles. The van der Waals surface area contributed by atoms with Gasteiger partial charge in [0.1, 0.15) is 5.75 Å². The molecule has 0 bridgehead atoms. The van der Waals surface area contributed by atoms with Crippen molar-refractivity contribution >= 4 is 46.0 Å². The summed E-state index contributed by atoms with van der Waals surface area (Å²) in [5.41, 5.74) is 3.92. The number of anilines is 1. The van der Waals surface area contributed by atoms with Crippen molar-refractivity contribution in [1.82, 2.24) is 0 Å². The van der Waals surface area contributed by atoms with E-state index in [9.17, 15) is 4.79 Å². The Labute approximate surface area is 151 Å². The van der Waals surface area contributed by atoms with Gasteiger partial charge in [-0.2, -0.15) is 0 Å². The summed E-state index contributed by atoms with van der Waals surface area (Å²) in [4.78, 5) is 15.0. The van der Waals surface area contributed by atoms with Crippen molar-refractivity contribution in [2.24, 2.45) is 0 Å². The maximum absolute atomic E-state index is 12.8. The summed E-state index contributed by atoms with van der Waals surface area (Å²) in [6, 6.07) is 13.7. The first kappa shape index (κ1) is 16.7. The largest absolute Gasteiger partial charge is 0.496 e. The molecule has 0 spiro atoms. The molecule has 0 atom stereocenters. The van der Waals surface area contributed by atoms with E-state index in [0.29, 0.717) is 9.23 Å². The van der Waals surface area contributed by atoms with Crippen LogP contribution >= 0.6 is 24.0 Å². The molecule has 0 N–H and O–H groups in total. The Hall–Kier alpha value is -2.11. The first-order valence-electron chi connectivity index (χ1n) is 7.49. The fraction of sp³-hybridized carbons (Fsp3) is 0.158. The van der Waals surface area contributed by atoms with E-state index < -0.39 is 0 Å². The van der Waals surface area contributed by atoms with Crippen LogP contribution in [-0.2, 0) is 4.79 Å². The summed E-state index contributed by atoms with van der Waals surface area (Å²) in [5, 5.41) is 0. The van der Waals surface area contributed by atoms with Crippen molar-refractivity contribution < 1.29 is 9.53 Å². The minimum absolute atomic E-state index is 0.0996. The molecule has 1 amide bonds. The number of ether oxygens (including phenoxy) is 1. The summed E-state index contributed by atoms with van der Waals surface area (Å²) in [6.07, 6.45) is 1.85.